The lowest BCUT2D eigenvalue weighted by atomic mass is 10.2. The summed E-state index contributed by atoms with van der Waals surface area (Å²) in [6, 6.07) is 11.9. The van der Waals surface area contributed by atoms with Crippen LogP contribution in [-0.2, 0) is 6.54 Å². The van der Waals surface area contributed by atoms with Gasteiger partial charge in [0.25, 0.3) is 0 Å². The predicted molar refractivity (Wildman–Crippen MR) is 79.3 cm³/mol. The number of nitrogens with one attached hydrogen (secondary N) is 1. The summed E-state index contributed by atoms with van der Waals surface area (Å²) in [5.41, 5.74) is 1.02. The summed E-state index contributed by atoms with van der Waals surface area (Å²) in [6.45, 7) is 4.93. The van der Waals surface area contributed by atoms with Gasteiger partial charge in [0.1, 0.15) is 0 Å². The van der Waals surface area contributed by atoms with Crippen molar-refractivity contribution < 1.29 is 9.47 Å². The Kier molecular flexibility index (Phi) is 4.96. The van der Waals surface area contributed by atoms with E-state index in [9.17, 15) is 0 Å². The maximum absolute atomic E-state index is 5.89. The zero-order valence-corrected chi connectivity index (χ0v) is 12.1. The molecule has 0 unspecified atom stereocenters. The first-order valence-electron chi connectivity index (χ1n) is 6.69. The second-order valence-corrected chi connectivity index (χ2v) is 4.76. The number of aromatic nitrogens is 1. The lowest BCUT2D eigenvalue weighted by Gasteiger charge is -2.13. The third-order valence-electron chi connectivity index (χ3n) is 2.83. The molecule has 0 radical (unpaired) electrons. The van der Waals surface area contributed by atoms with Gasteiger partial charge in [-0.3, -0.25) is 0 Å². The van der Waals surface area contributed by atoms with Gasteiger partial charge in [0.05, 0.1) is 7.11 Å². The molecule has 0 fully saturated rings. The van der Waals surface area contributed by atoms with E-state index < -0.39 is 0 Å². The van der Waals surface area contributed by atoms with E-state index in [1.165, 1.54) is 0 Å². The molecule has 2 aromatic rings. The highest BCUT2D eigenvalue weighted by molar-refractivity contribution is 5.42. The topological polar surface area (TPSA) is 43.4 Å². The summed E-state index contributed by atoms with van der Waals surface area (Å²) in [4.78, 5) is 4.31. The highest BCUT2D eigenvalue weighted by Gasteiger charge is 2.09. The van der Waals surface area contributed by atoms with Gasteiger partial charge in [-0.25, -0.2) is 4.98 Å². The average Bonchev–Trinajstić information content (AvgIpc) is 2.47. The molecule has 106 valence electrons. The Morgan fingerprint density at radius 3 is 2.55 bits per heavy atom. The summed E-state index contributed by atoms with van der Waals surface area (Å²) in [5.74, 6) is 1.96. The van der Waals surface area contributed by atoms with Crippen LogP contribution in [0.4, 0.5) is 0 Å². The molecule has 0 saturated carbocycles. The molecule has 1 aromatic heterocycles. The molecular weight excluding hydrogens is 252 g/mol. The van der Waals surface area contributed by atoms with E-state index in [0.29, 0.717) is 23.4 Å². The quantitative estimate of drug-likeness (QED) is 0.875. The minimum Gasteiger partial charge on any atom is -0.493 e. The maximum Gasteiger partial charge on any atom is 0.223 e. The summed E-state index contributed by atoms with van der Waals surface area (Å²) < 4.78 is 11.2. The standard InChI is InChI=1S/C16H20N2O2/c1-12(2)18-11-13-7-6-10-17-16(13)20-15-9-5-4-8-14(15)19-3/h4-10,12,18H,11H2,1-3H3. The third kappa shape index (κ3) is 3.71. The number of rotatable bonds is 6. The summed E-state index contributed by atoms with van der Waals surface area (Å²) in [7, 11) is 1.63. The average molecular weight is 272 g/mol. The number of ether oxygens (including phenoxy) is 2. The molecule has 20 heavy (non-hydrogen) atoms. The minimum absolute atomic E-state index is 0.411. The van der Waals surface area contributed by atoms with Crippen LogP contribution in [0, 0.1) is 0 Å². The number of benzene rings is 1. The van der Waals surface area contributed by atoms with Crippen LogP contribution in [0.3, 0.4) is 0 Å². The first-order chi connectivity index (χ1) is 9.70. The Morgan fingerprint density at radius 1 is 1.10 bits per heavy atom. The van der Waals surface area contributed by atoms with Gasteiger partial charge in [-0.1, -0.05) is 32.0 Å². The SMILES string of the molecule is COc1ccccc1Oc1ncccc1CNC(C)C. The molecular formula is C16H20N2O2. The minimum atomic E-state index is 0.411. The van der Waals surface area contributed by atoms with Crippen molar-refractivity contribution in [3.8, 4) is 17.4 Å². The molecule has 0 amide bonds. The van der Waals surface area contributed by atoms with Crippen LogP contribution in [0.25, 0.3) is 0 Å². The normalized spacial score (nSPS) is 10.6. The van der Waals surface area contributed by atoms with Crippen molar-refractivity contribution in [2.45, 2.75) is 26.4 Å². The fourth-order valence-corrected chi connectivity index (χ4v) is 1.77. The van der Waals surface area contributed by atoms with Crippen LogP contribution in [0.15, 0.2) is 42.6 Å². The number of para-hydroxylation sites is 2. The Labute approximate surface area is 119 Å². The van der Waals surface area contributed by atoms with Crippen molar-refractivity contribution >= 4 is 0 Å². The number of hydrogen-bond donors (Lipinski definition) is 1. The third-order valence-corrected chi connectivity index (χ3v) is 2.83. The second-order valence-electron chi connectivity index (χ2n) is 4.76. The molecule has 1 heterocycles. The molecule has 1 aromatic carbocycles. The van der Waals surface area contributed by atoms with Crippen LogP contribution in [0.2, 0.25) is 0 Å². The van der Waals surface area contributed by atoms with Crippen molar-refractivity contribution in [2.24, 2.45) is 0 Å². The Morgan fingerprint density at radius 2 is 1.85 bits per heavy atom. The molecule has 2 rings (SSSR count). The summed E-state index contributed by atoms with van der Waals surface area (Å²) in [5, 5.41) is 3.37. The van der Waals surface area contributed by atoms with Gasteiger partial charge in [-0.15, -0.1) is 0 Å². The van der Waals surface area contributed by atoms with Crippen LogP contribution < -0.4 is 14.8 Å². The van der Waals surface area contributed by atoms with E-state index >= 15 is 0 Å². The van der Waals surface area contributed by atoms with Crippen molar-refractivity contribution in [3.05, 3.63) is 48.2 Å². The van der Waals surface area contributed by atoms with E-state index in [-0.39, 0.29) is 0 Å². The van der Waals surface area contributed by atoms with E-state index in [4.69, 9.17) is 9.47 Å². The van der Waals surface area contributed by atoms with Gasteiger partial charge >= 0.3 is 0 Å². The van der Waals surface area contributed by atoms with Crippen molar-refractivity contribution in [1.29, 1.82) is 0 Å². The van der Waals surface area contributed by atoms with E-state index in [0.717, 1.165) is 12.1 Å². The lowest BCUT2D eigenvalue weighted by Crippen LogP contribution is -2.22. The fourth-order valence-electron chi connectivity index (χ4n) is 1.77. The van der Waals surface area contributed by atoms with Crippen molar-refractivity contribution in [1.82, 2.24) is 10.3 Å². The highest BCUT2D eigenvalue weighted by atomic mass is 16.5. The zero-order chi connectivity index (χ0) is 14.4. The van der Waals surface area contributed by atoms with E-state index in [1.54, 1.807) is 13.3 Å². The smallest absolute Gasteiger partial charge is 0.223 e. The molecule has 0 aliphatic carbocycles. The van der Waals surface area contributed by atoms with E-state index in [2.05, 4.69) is 24.1 Å². The maximum atomic E-state index is 5.89. The van der Waals surface area contributed by atoms with Gasteiger partial charge in [-0.2, -0.15) is 0 Å². The van der Waals surface area contributed by atoms with Crippen LogP contribution in [0.5, 0.6) is 17.4 Å². The molecule has 1 N–H and O–H groups in total. The van der Waals surface area contributed by atoms with Gasteiger partial charge in [0, 0.05) is 24.3 Å². The zero-order valence-electron chi connectivity index (χ0n) is 12.1. The second kappa shape index (κ2) is 6.91. The molecule has 4 nitrogen and oxygen atoms in total. The molecule has 0 saturated heterocycles. The van der Waals surface area contributed by atoms with Gasteiger partial charge in [0.15, 0.2) is 11.5 Å². The molecule has 0 atom stereocenters. The van der Waals surface area contributed by atoms with Crippen molar-refractivity contribution in [3.63, 3.8) is 0 Å². The van der Waals surface area contributed by atoms with E-state index in [1.807, 2.05) is 36.4 Å². The van der Waals surface area contributed by atoms with Crippen LogP contribution in [0.1, 0.15) is 19.4 Å². The van der Waals surface area contributed by atoms with Crippen LogP contribution in [-0.4, -0.2) is 18.1 Å². The lowest BCUT2D eigenvalue weighted by molar-refractivity contribution is 0.371. The first kappa shape index (κ1) is 14.3. The monoisotopic (exact) mass is 272 g/mol. The largest absolute Gasteiger partial charge is 0.493 e. The Balaban J connectivity index is 2.20. The van der Waals surface area contributed by atoms with Gasteiger partial charge in [-0.05, 0) is 18.2 Å². The number of hydrogen-bond acceptors (Lipinski definition) is 4. The number of methoxy groups -OCH3 is 1. The van der Waals surface area contributed by atoms with Gasteiger partial charge in [0.2, 0.25) is 5.88 Å². The molecule has 0 spiro atoms. The molecule has 0 aliphatic heterocycles. The van der Waals surface area contributed by atoms with Crippen LogP contribution >= 0.6 is 0 Å². The molecule has 0 aliphatic rings. The molecule has 0 bridgehead atoms. The highest BCUT2D eigenvalue weighted by Crippen LogP contribution is 2.31. The molecule has 4 heteroatoms. The van der Waals surface area contributed by atoms with Crippen molar-refractivity contribution in [2.75, 3.05) is 7.11 Å². The summed E-state index contributed by atoms with van der Waals surface area (Å²) in [6.07, 6.45) is 1.73. The number of nitrogens with zero attached hydrogens (tertiary/aromatic N) is 1. The summed E-state index contributed by atoms with van der Waals surface area (Å²) >= 11 is 0. The number of pyridine rings is 1. The Hall–Kier alpha value is -2.07. The van der Waals surface area contributed by atoms with Gasteiger partial charge < -0.3 is 14.8 Å². The Bertz CT molecular complexity index is 556. The predicted octanol–water partition coefficient (Wildman–Crippen LogP) is 3.38. The first-order valence-corrected chi connectivity index (χ1v) is 6.69. The fraction of sp³-hybridized carbons (Fsp3) is 0.312.